The largest absolute Gasteiger partial charge is 0.497 e. The highest BCUT2D eigenvalue weighted by Crippen LogP contribution is 2.39. The number of fused-ring (bicyclic) bond motifs is 1. The maximum absolute atomic E-state index is 12.9. The third kappa shape index (κ3) is 3.58. The number of rotatable bonds is 4. The van der Waals surface area contributed by atoms with E-state index in [2.05, 4.69) is 33.3 Å². The summed E-state index contributed by atoms with van der Waals surface area (Å²) in [6, 6.07) is 16.2. The van der Waals surface area contributed by atoms with Crippen molar-refractivity contribution in [1.82, 2.24) is 10.2 Å². The van der Waals surface area contributed by atoms with Gasteiger partial charge in [0.25, 0.3) is 0 Å². The molecule has 0 saturated carbocycles. The lowest BCUT2D eigenvalue weighted by Gasteiger charge is -2.44. The van der Waals surface area contributed by atoms with Crippen LogP contribution in [-0.2, 0) is 11.2 Å². The van der Waals surface area contributed by atoms with Crippen LogP contribution in [-0.4, -0.2) is 54.9 Å². The number of methoxy groups -OCH3 is 1. The Morgan fingerprint density at radius 1 is 1.16 bits per heavy atom. The monoisotopic (exact) mass is 421 g/mol. The number of nitrogens with one attached hydrogen (secondary N) is 1. The number of ether oxygens (including phenoxy) is 1. The Hall–Kier alpha value is -2.57. The lowest BCUT2D eigenvalue weighted by Crippen LogP contribution is -2.57. The van der Waals surface area contributed by atoms with Crippen molar-refractivity contribution in [2.45, 2.75) is 37.3 Å². The summed E-state index contributed by atoms with van der Waals surface area (Å²) in [5, 5.41) is 14.1. The number of para-hydroxylation sites is 1. The van der Waals surface area contributed by atoms with E-state index < -0.39 is 11.6 Å². The van der Waals surface area contributed by atoms with Crippen LogP contribution in [0.1, 0.15) is 36.5 Å². The Labute approximate surface area is 183 Å². The van der Waals surface area contributed by atoms with Crippen molar-refractivity contribution in [2.24, 2.45) is 5.92 Å². The fourth-order valence-corrected chi connectivity index (χ4v) is 5.63. The van der Waals surface area contributed by atoms with Gasteiger partial charge in [0.15, 0.2) is 0 Å². The van der Waals surface area contributed by atoms with Gasteiger partial charge in [-0.2, -0.15) is 0 Å². The number of anilines is 1. The number of hydrogen-bond donors (Lipinski definition) is 2. The van der Waals surface area contributed by atoms with Gasteiger partial charge < -0.3 is 25.0 Å². The summed E-state index contributed by atoms with van der Waals surface area (Å²) < 4.78 is 5.33. The summed E-state index contributed by atoms with van der Waals surface area (Å²) in [7, 11) is 1.68. The summed E-state index contributed by atoms with van der Waals surface area (Å²) in [6.07, 6.45) is 3.12. The first-order valence-electron chi connectivity index (χ1n) is 11.3. The molecule has 2 aromatic rings. The first-order chi connectivity index (χ1) is 15.1. The highest BCUT2D eigenvalue weighted by Gasteiger charge is 2.50. The van der Waals surface area contributed by atoms with Gasteiger partial charge in [-0.05, 0) is 61.1 Å². The fourth-order valence-electron chi connectivity index (χ4n) is 5.63. The van der Waals surface area contributed by atoms with Gasteiger partial charge in [0.1, 0.15) is 11.3 Å². The van der Waals surface area contributed by atoms with Crippen LogP contribution in [0, 0.1) is 5.92 Å². The summed E-state index contributed by atoms with van der Waals surface area (Å²) >= 11 is 0. The zero-order valence-corrected chi connectivity index (χ0v) is 18.1. The minimum atomic E-state index is -0.452. The van der Waals surface area contributed by atoms with Crippen LogP contribution < -0.4 is 15.0 Å². The predicted octanol–water partition coefficient (Wildman–Crippen LogP) is 2.72. The number of piperidine rings is 1. The topological polar surface area (TPSA) is 65.0 Å². The van der Waals surface area contributed by atoms with Crippen molar-refractivity contribution >= 4 is 11.6 Å². The van der Waals surface area contributed by atoms with Gasteiger partial charge in [0, 0.05) is 31.2 Å². The lowest BCUT2D eigenvalue weighted by molar-refractivity contribution is -0.125. The molecule has 0 unspecified atom stereocenters. The molecule has 5 rings (SSSR count). The molecule has 0 bridgehead atoms. The van der Waals surface area contributed by atoms with Crippen LogP contribution in [0.3, 0.4) is 0 Å². The maximum atomic E-state index is 12.9. The van der Waals surface area contributed by atoms with Gasteiger partial charge in [-0.15, -0.1) is 0 Å². The van der Waals surface area contributed by atoms with E-state index in [1.165, 1.54) is 5.56 Å². The molecule has 0 radical (unpaired) electrons. The van der Waals surface area contributed by atoms with Gasteiger partial charge in [0.2, 0.25) is 5.91 Å². The van der Waals surface area contributed by atoms with Crippen LogP contribution in [0.4, 0.5) is 5.69 Å². The molecule has 6 nitrogen and oxygen atoms in total. The van der Waals surface area contributed by atoms with Gasteiger partial charge in [-0.1, -0.05) is 24.3 Å². The number of aliphatic hydroxyl groups is 1. The molecule has 164 valence electrons. The Bertz CT molecular complexity index is 940. The smallest absolute Gasteiger partial charge is 0.247 e. The van der Waals surface area contributed by atoms with Gasteiger partial charge >= 0.3 is 0 Å². The van der Waals surface area contributed by atoms with Gasteiger partial charge in [-0.25, -0.2) is 0 Å². The number of carbonyl (C=O) groups is 1. The van der Waals surface area contributed by atoms with Crippen LogP contribution in [0.5, 0.6) is 5.75 Å². The van der Waals surface area contributed by atoms with Crippen molar-refractivity contribution < 1.29 is 14.6 Å². The molecule has 2 fully saturated rings. The molecule has 2 aromatic carbocycles. The van der Waals surface area contributed by atoms with E-state index in [1.807, 2.05) is 30.3 Å². The Balaban J connectivity index is 1.25. The van der Waals surface area contributed by atoms with E-state index in [-0.39, 0.29) is 11.8 Å². The first-order valence-corrected chi connectivity index (χ1v) is 11.3. The lowest BCUT2D eigenvalue weighted by atomic mass is 9.80. The highest BCUT2D eigenvalue weighted by atomic mass is 16.5. The third-order valence-electron chi connectivity index (χ3n) is 7.48. The zero-order chi connectivity index (χ0) is 21.4. The van der Waals surface area contributed by atoms with Gasteiger partial charge in [-0.3, -0.25) is 4.79 Å². The highest BCUT2D eigenvalue weighted by molar-refractivity contribution is 5.93. The number of hydrogen-bond acceptors (Lipinski definition) is 5. The van der Waals surface area contributed by atoms with E-state index in [9.17, 15) is 9.90 Å². The molecule has 3 aliphatic rings. The quantitative estimate of drug-likeness (QED) is 0.795. The normalized spacial score (nSPS) is 25.4. The number of aliphatic hydroxyl groups excluding tert-OH is 1. The molecule has 2 saturated heterocycles. The number of carbonyl (C=O) groups excluding carboxylic acids is 1. The predicted molar refractivity (Wildman–Crippen MR) is 120 cm³/mol. The number of aryl methyl sites for hydroxylation is 1. The summed E-state index contributed by atoms with van der Waals surface area (Å²) in [5.41, 5.74) is 2.88. The van der Waals surface area contributed by atoms with Crippen molar-refractivity contribution in [1.29, 1.82) is 0 Å². The molecule has 1 aliphatic carbocycles. The van der Waals surface area contributed by atoms with Crippen LogP contribution in [0.25, 0.3) is 0 Å². The zero-order valence-electron chi connectivity index (χ0n) is 18.1. The van der Waals surface area contributed by atoms with E-state index in [0.29, 0.717) is 6.67 Å². The van der Waals surface area contributed by atoms with Crippen molar-refractivity contribution in [3.63, 3.8) is 0 Å². The average molecular weight is 422 g/mol. The summed E-state index contributed by atoms with van der Waals surface area (Å²) in [4.78, 5) is 17.5. The minimum Gasteiger partial charge on any atom is -0.497 e. The van der Waals surface area contributed by atoms with Crippen molar-refractivity contribution in [2.75, 3.05) is 38.3 Å². The van der Waals surface area contributed by atoms with Crippen molar-refractivity contribution in [3.05, 3.63) is 59.7 Å². The number of nitrogens with zero attached hydrogens (tertiary/aromatic N) is 2. The van der Waals surface area contributed by atoms with Gasteiger partial charge in [0.05, 0.1) is 19.9 Å². The minimum absolute atomic E-state index is 0.150. The molecule has 1 spiro atoms. The second-order valence-corrected chi connectivity index (χ2v) is 9.07. The molecule has 2 atom stereocenters. The van der Waals surface area contributed by atoms with Crippen molar-refractivity contribution in [3.8, 4) is 5.75 Å². The molecule has 0 aromatic heterocycles. The fraction of sp³-hybridized carbons (Fsp3) is 0.480. The molecule has 2 N–H and O–H groups in total. The summed E-state index contributed by atoms with van der Waals surface area (Å²) in [5.74, 6) is 1.22. The van der Waals surface area contributed by atoms with E-state index in [1.54, 1.807) is 7.11 Å². The van der Waals surface area contributed by atoms with Crippen LogP contribution in [0.15, 0.2) is 48.5 Å². The standard InChI is InChI=1S/C25H31N3O3/c1-31-21-9-10-22-18(15-21)7-8-19(23(22)29)16-27-13-11-25(12-14-27)24(30)26-17-28(25)20-5-3-2-4-6-20/h2-6,9-10,15,19,23,29H,7-8,11-14,16-17H2,1H3,(H,26,30)/t19-,23+/m1/s1. The number of amides is 1. The Morgan fingerprint density at radius 3 is 2.68 bits per heavy atom. The Kier molecular flexibility index (Phi) is 5.36. The third-order valence-corrected chi connectivity index (χ3v) is 7.48. The second-order valence-electron chi connectivity index (χ2n) is 9.07. The number of likely N-dealkylation sites (tertiary alicyclic amines) is 1. The molecule has 2 aliphatic heterocycles. The molecule has 1 amide bonds. The maximum Gasteiger partial charge on any atom is 0.247 e. The second kappa shape index (κ2) is 8.17. The molecular formula is C25H31N3O3. The average Bonchev–Trinajstić information content (AvgIpc) is 3.13. The summed E-state index contributed by atoms with van der Waals surface area (Å²) in [6.45, 7) is 3.19. The molecule has 6 heteroatoms. The SMILES string of the molecule is COc1ccc2c(c1)CC[C@H](CN1CCC3(CC1)C(=O)NCN3c1ccccc1)[C@@H]2O. The molecular weight excluding hydrogens is 390 g/mol. The number of benzene rings is 2. The van der Waals surface area contributed by atoms with Crippen LogP contribution in [0.2, 0.25) is 0 Å². The molecule has 2 heterocycles. The van der Waals surface area contributed by atoms with E-state index >= 15 is 0 Å². The first kappa shape index (κ1) is 20.3. The Morgan fingerprint density at radius 2 is 1.94 bits per heavy atom. The van der Waals surface area contributed by atoms with Crippen LogP contribution >= 0.6 is 0 Å². The van der Waals surface area contributed by atoms with E-state index in [4.69, 9.17) is 4.74 Å². The van der Waals surface area contributed by atoms with E-state index in [0.717, 1.165) is 62.3 Å². The molecule has 31 heavy (non-hydrogen) atoms.